The van der Waals surface area contributed by atoms with Crippen molar-refractivity contribution in [2.24, 2.45) is 0 Å². The second-order valence-electron chi connectivity index (χ2n) is 13.1. The number of ether oxygens (including phenoxy) is 2. The fourth-order valence-corrected chi connectivity index (χ4v) is 6.33. The highest BCUT2D eigenvalue weighted by atomic mass is 16.6. The summed E-state index contributed by atoms with van der Waals surface area (Å²) in [6, 6.07) is 0. The predicted molar refractivity (Wildman–Crippen MR) is 179 cm³/mol. The molecule has 42 heavy (non-hydrogen) atoms. The van der Waals surface area contributed by atoms with E-state index < -0.39 is 0 Å². The van der Waals surface area contributed by atoms with E-state index in [2.05, 4.69) is 6.92 Å². The Hall–Kier alpha value is -1.32. The topological polar surface area (TPSA) is 52.6 Å². The van der Waals surface area contributed by atoms with E-state index in [9.17, 15) is 9.59 Å². The van der Waals surface area contributed by atoms with E-state index in [1.54, 1.807) is 0 Å². The van der Waals surface area contributed by atoms with Crippen LogP contribution in [-0.4, -0.2) is 24.1 Å². The van der Waals surface area contributed by atoms with Gasteiger partial charge in [-0.25, -0.2) is 4.79 Å². The first kappa shape index (κ1) is 38.7. The molecular weight excluding hydrogens is 520 g/mol. The second-order valence-corrected chi connectivity index (χ2v) is 13.1. The molecule has 246 valence electrons. The smallest absolute Gasteiger partial charge is 0.330 e. The van der Waals surface area contributed by atoms with Crippen molar-refractivity contribution in [1.29, 1.82) is 0 Å². The number of rotatable bonds is 31. The lowest BCUT2D eigenvalue weighted by Crippen LogP contribution is -2.27. The van der Waals surface area contributed by atoms with Crippen molar-refractivity contribution in [2.75, 3.05) is 0 Å². The minimum atomic E-state index is -0.289. The van der Waals surface area contributed by atoms with E-state index in [1.807, 2.05) is 6.08 Å². The van der Waals surface area contributed by atoms with Gasteiger partial charge in [-0.1, -0.05) is 180 Å². The van der Waals surface area contributed by atoms with Gasteiger partial charge in [-0.15, -0.1) is 0 Å². The molecule has 0 N–H and O–H groups in total. The van der Waals surface area contributed by atoms with Crippen LogP contribution in [-0.2, 0) is 19.1 Å². The van der Waals surface area contributed by atoms with Crippen LogP contribution in [0.2, 0.25) is 0 Å². The molecule has 1 aliphatic heterocycles. The molecule has 0 saturated carbocycles. The van der Waals surface area contributed by atoms with Gasteiger partial charge in [0, 0.05) is 25.8 Å². The van der Waals surface area contributed by atoms with Gasteiger partial charge in [0.25, 0.3) is 0 Å². The van der Waals surface area contributed by atoms with Gasteiger partial charge in [0.2, 0.25) is 0 Å². The molecule has 4 heteroatoms. The van der Waals surface area contributed by atoms with Crippen LogP contribution in [0.3, 0.4) is 0 Å². The summed E-state index contributed by atoms with van der Waals surface area (Å²) in [5.41, 5.74) is 0. The Balaban J connectivity index is 1.77. The number of carbonyl (C=O) groups is 2. The van der Waals surface area contributed by atoms with Gasteiger partial charge in [-0.05, 0) is 12.8 Å². The van der Waals surface area contributed by atoms with E-state index in [1.165, 1.54) is 180 Å². The average molecular weight is 591 g/mol. The first-order valence-corrected chi connectivity index (χ1v) is 18.7. The van der Waals surface area contributed by atoms with E-state index in [-0.39, 0.29) is 24.1 Å². The quantitative estimate of drug-likeness (QED) is 0.0595. The van der Waals surface area contributed by atoms with Crippen LogP contribution in [0.5, 0.6) is 0 Å². The number of unbranched alkanes of at least 4 members (excludes halogenated alkanes) is 26. The largest absolute Gasteiger partial charge is 0.462 e. The SMILES string of the molecule is CCCCCCCCCCCCCCCCCCCCCCCCCCCCC[C@H](CC1CC=CC(=O)O1)OC(C)=O. The number of esters is 2. The maximum Gasteiger partial charge on any atom is 0.330 e. The summed E-state index contributed by atoms with van der Waals surface area (Å²) in [6.07, 6.45) is 43.0. The van der Waals surface area contributed by atoms with Gasteiger partial charge in [0.1, 0.15) is 12.2 Å². The van der Waals surface area contributed by atoms with Gasteiger partial charge >= 0.3 is 11.9 Å². The average Bonchev–Trinajstić information content (AvgIpc) is 2.96. The first-order valence-electron chi connectivity index (χ1n) is 18.7. The molecule has 0 aromatic carbocycles. The van der Waals surface area contributed by atoms with Crippen LogP contribution in [0, 0.1) is 0 Å². The van der Waals surface area contributed by atoms with Crippen LogP contribution in [0.15, 0.2) is 12.2 Å². The molecule has 0 aromatic rings. The van der Waals surface area contributed by atoms with Crippen molar-refractivity contribution in [1.82, 2.24) is 0 Å². The highest BCUT2D eigenvalue weighted by Crippen LogP contribution is 2.20. The standard InChI is InChI=1S/C38H70O4/c1-3-4-5-6-7-8-9-10-11-12-13-14-15-16-17-18-19-20-21-22-23-24-25-26-27-28-29-31-36(41-35(2)39)34-37-32-30-33-38(40)42-37/h30,33,36-37H,3-29,31-32,34H2,1-2H3/t36-,37?/m1/s1. The molecule has 0 radical (unpaired) electrons. The summed E-state index contributed by atoms with van der Waals surface area (Å²) >= 11 is 0. The highest BCUT2D eigenvalue weighted by Gasteiger charge is 2.22. The normalized spacial score (nSPS) is 15.6. The van der Waals surface area contributed by atoms with Crippen LogP contribution in [0.4, 0.5) is 0 Å². The Morgan fingerprint density at radius 3 is 1.36 bits per heavy atom. The van der Waals surface area contributed by atoms with Gasteiger partial charge in [-0.2, -0.15) is 0 Å². The molecule has 0 fully saturated rings. The molecule has 1 aliphatic rings. The summed E-state index contributed by atoms with van der Waals surface area (Å²) in [7, 11) is 0. The van der Waals surface area contributed by atoms with E-state index in [0.717, 1.165) is 12.8 Å². The number of hydrogen-bond acceptors (Lipinski definition) is 4. The van der Waals surface area contributed by atoms with E-state index in [0.29, 0.717) is 12.8 Å². The van der Waals surface area contributed by atoms with Gasteiger partial charge in [0.15, 0.2) is 0 Å². The van der Waals surface area contributed by atoms with Crippen molar-refractivity contribution in [3.63, 3.8) is 0 Å². The Kier molecular flexibility index (Phi) is 27.4. The third kappa shape index (κ3) is 26.3. The lowest BCUT2D eigenvalue weighted by atomic mass is 10.0. The highest BCUT2D eigenvalue weighted by molar-refractivity contribution is 5.82. The van der Waals surface area contributed by atoms with Gasteiger partial charge in [0.05, 0.1) is 0 Å². The fraction of sp³-hybridized carbons (Fsp3) is 0.895. The summed E-state index contributed by atoms with van der Waals surface area (Å²) in [4.78, 5) is 22.9. The third-order valence-corrected chi connectivity index (χ3v) is 8.92. The molecule has 0 amide bonds. The minimum Gasteiger partial charge on any atom is -0.462 e. The molecule has 1 rings (SSSR count). The number of cyclic esters (lactones) is 1. The minimum absolute atomic E-state index is 0.147. The lowest BCUT2D eigenvalue weighted by molar-refractivity contribution is -0.152. The van der Waals surface area contributed by atoms with Crippen molar-refractivity contribution < 1.29 is 19.1 Å². The maximum atomic E-state index is 11.5. The zero-order valence-corrected chi connectivity index (χ0v) is 28.2. The zero-order valence-electron chi connectivity index (χ0n) is 28.2. The van der Waals surface area contributed by atoms with Crippen molar-refractivity contribution in [3.8, 4) is 0 Å². The fourth-order valence-electron chi connectivity index (χ4n) is 6.33. The molecule has 0 bridgehead atoms. The lowest BCUT2D eigenvalue weighted by Gasteiger charge is -2.24. The van der Waals surface area contributed by atoms with Crippen LogP contribution >= 0.6 is 0 Å². The van der Waals surface area contributed by atoms with Crippen LogP contribution in [0.1, 0.15) is 206 Å². The molecule has 0 aliphatic carbocycles. The zero-order chi connectivity index (χ0) is 30.4. The molecule has 0 spiro atoms. The summed E-state index contributed by atoms with van der Waals surface area (Å²) in [6.45, 7) is 3.76. The van der Waals surface area contributed by atoms with E-state index >= 15 is 0 Å². The molecule has 0 aromatic heterocycles. The Morgan fingerprint density at radius 1 is 0.667 bits per heavy atom. The monoisotopic (exact) mass is 591 g/mol. The number of hydrogen-bond donors (Lipinski definition) is 0. The predicted octanol–water partition coefficient (Wildman–Crippen LogP) is 12.1. The van der Waals surface area contributed by atoms with E-state index in [4.69, 9.17) is 9.47 Å². The summed E-state index contributed by atoms with van der Waals surface area (Å²) in [5.74, 6) is -0.536. The molecule has 2 atom stereocenters. The molecule has 4 nitrogen and oxygen atoms in total. The Bertz CT molecular complexity index is 643. The number of carbonyl (C=O) groups excluding carboxylic acids is 2. The molecule has 1 heterocycles. The first-order chi connectivity index (χ1) is 20.6. The van der Waals surface area contributed by atoms with Crippen molar-refractivity contribution >= 4 is 11.9 Å². The van der Waals surface area contributed by atoms with Crippen LogP contribution < -0.4 is 0 Å². The van der Waals surface area contributed by atoms with Gasteiger partial charge < -0.3 is 9.47 Å². The van der Waals surface area contributed by atoms with Crippen molar-refractivity contribution in [3.05, 3.63) is 12.2 Å². The molecule has 0 saturated heterocycles. The second kappa shape index (κ2) is 29.7. The molecular formula is C38H70O4. The summed E-state index contributed by atoms with van der Waals surface area (Å²) < 4.78 is 10.8. The van der Waals surface area contributed by atoms with Crippen LogP contribution in [0.25, 0.3) is 0 Å². The molecule has 1 unspecified atom stereocenters. The summed E-state index contributed by atoms with van der Waals surface area (Å²) in [5, 5.41) is 0. The third-order valence-electron chi connectivity index (χ3n) is 8.92. The maximum absolute atomic E-state index is 11.5. The Morgan fingerprint density at radius 2 is 1.02 bits per heavy atom. The van der Waals surface area contributed by atoms with Gasteiger partial charge in [-0.3, -0.25) is 4.79 Å². The Labute approximate surface area is 261 Å². The van der Waals surface area contributed by atoms with Crippen molar-refractivity contribution in [2.45, 2.75) is 219 Å².